The van der Waals surface area contributed by atoms with Gasteiger partial charge in [-0.1, -0.05) is 24.3 Å². The first kappa shape index (κ1) is 17.0. The van der Waals surface area contributed by atoms with Gasteiger partial charge in [0, 0.05) is 36.6 Å². The number of aromatic nitrogens is 2. The summed E-state index contributed by atoms with van der Waals surface area (Å²) in [4.78, 5) is 18.0. The number of carbonyl (C=O) groups is 1. The van der Waals surface area contributed by atoms with Crippen LogP contribution in [0.15, 0.2) is 41.8 Å². The first-order valence-corrected chi connectivity index (χ1v) is 9.65. The van der Waals surface area contributed by atoms with Crippen LogP contribution in [-0.2, 0) is 17.8 Å². The summed E-state index contributed by atoms with van der Waals surface area (Å²) >= 11 is 1.82. The maximum atomic E-state index is 12.7. The lowest BCUT2D eigenvalue weighted by molar-refractivity contribution is -0.119. The molecule has 4 rings (SSSR count). The van der Waals surface area contributed by atoms with Crippen molar-refractivity contribution in [3.8, 4) is 11.3 Å². The van der Waals surface area contributed by atoms with E-state index in [1.807, 2.05) is 29.5 Å². The molecule has 1 aliphatic heterocycles. The molecule has 0 unspecified atom stereocenters. The molecule has 0 radical (unpaired) electrons. The number of aryl methyl sites for hydroxylation is 1. The van der Waals surface area contributed by atoms with Crippen LogP contribution >= 0.6 is 11.3 Å². The topological polar surface area (TPSA) is 52.2 Å². The van der Waals surface area contributed by atoms with Crippen LogP contribution in [-0.4, -0.2) is 41.1 Å². The van der Waals surface area contributed by atoms with E-state index in [1.165, 1.54) is 16.0 Å². The third kappa shape index (κ3) is 3.30. The van der Waals surface area contributed by atoms with Gasteiger partial charge in [-0.25, -0.2) is 0 Å². The van der Waals surface area contributed by atoms with Crippen LogP contribution in [0.1, 0.15) is 16.0 Å². The Morgan fingerprint density at radius 3 is 3.04 bits per heavy atom. The molecule has 0 fully saturated rings. The number of hydrogen-bond donors (Lipinski definition) is 1. The number of carbonyl (C=O) groups excluding carboxylic acids is 1. The number of benzene rings is 1. The second-order valence-corrected chi connectivity index (χ2v) is 7.74. The van der Waals surface area contributed by atoms with Crippen LogP contribution < -0.4 is 4.90 Å². The number of amides is 1. The van der Waals surface area contributed by atoms with E-state index in [1.54, 1.807) is 11.9 Å². The van der Waals surface area contributed by atoms with Gasteiger partial charge in [0.1, 0.15) is 0 Å². The van der Waals surface area contributed by atoms with Crippen molar-refractivity contribution in [2.24, 2.45) is 0 Å². The lowest BCUT2D eigenvalue weighted by Gasteiger charge is -2.27. The van der Waals surface area contributed by atoms with Crippen molar-refractivity contribution in [3.05, 3.63) is 57.8 Å². The highest BCUT2D eigenvalue weighted by atomic mass is 32.1. The zero-order chi connectivity index (χ0) is 18.1. The molecule has 0 bridgehead atoms. The summed E-state index contributed by atoms with van der Waals surface area (Å²) in [5.74, 6) is 0.716. The van der Waals surface area contributed by atoms with E-state index in [2.05, 4.69) is 45.6 Å². The average Bonchev–Trinajstić information content (AvgIpc) is 3.30. The molecule has 5 nitrogen and oxygen atoms in total. The van der Waals surface area contributed by atoms with Gasteiger partial charge in [0.15, 0.2) is 5.82 Å². The van der Waals surface area contributed by atoms with Crippen LogP contribution in [0.25, 0.3) is 11.3 Å². The standard InChI is InChI=1S/C20H22N4OS/c1-14-5-3-4-6-16(14)17-11-19(22-21-17)23(2)20(25)13-24-9-7-18-15(12-24)8-10-26-18/h3-6,8,10-11H,7,9,12-13H2,1-2H3,(H,21,22). The Kier molecular flexibility index (Phi) is 4.61. The molecule has 1 aliphatic rings. The molecule has 0 spiro atoms. The van der Waals surface area contributed by atoms with Gasteiger partial charge < -0.3 is 0 Å². The molecule has 0 saturated carbocycles. The fourth-order valence-corrected chi connectivity index (χ4v) is 4.25. The maximum absolute atomic E-state index is 12.7. The van der Waals surface area contributed by atoms with Crippen molar-refractivity contribution < 1.29 is 4.79 Å². The molecule has 0 atom stereocenters. The molecule has 3 heterocycles. The second-order valence-electron chi connectivity index (χ2n) is 6.74. The SMILES string of the molecule is Cc1ccccc1-c1cc(N(C)C(=O)CN2CCc3sccc3C2)n[nH]1. The third-order valence-electron chi connectivity index (χ3n) is 4.96. The first-order chi connectivity index (χ1) is 12.6. The number of hydrogen-bond acceptors (Lipinski definition) is 4. The van der Waals surface area contributed by atoms with Crippen molar-refractivity contribution >= 4 is 23.1 Å². The van der Waals surface area contributed by atoms with Crippen LogP contribution in [0.3, 0.4) is 0 Å². The summed E-state index contributed by atoms with van der Waals surface area (Å²) in [6.45, 7) is 4.27. The highest BCUT2D eigenvalue weighted by molar-refractivity contribution is 7.10. The summed E-state index contributed by atoms with van der Waals surface area (Å²) in [6, 6.07) is 12.3. The Balaban J connectivity index is 1.44. The molecular weight excluding hydrogens is 344 g/mol. The summed E-state index contributed by atoms with van der Waals surface area (Å²) in [5.41, 5.74) is 4.57. The van der Waals surface area contributed by atoms with Crippen LogP contribution in [0.4, 0.5) is 5.82 Å². The monoisotopic (exact) mass is 366 g/mol. The van der Waals surface area contributed by atoms with Gasteiger partial charge in [-0.3, -0.25) is 19.7 Å². The molecule has 0 aliphatic carbocycles. The van der Waals surface area contributed by atoms with E-state index in [0.717, 1.165) is 30.8 Å². The average molecular weight is 366 g/mol. The fraction of sp³-hybridized carbons (Fsp3) is 0.300. The van der Waals surface area contributed by atoms with E-state index in [0.29, 0.717) is 12.4 Å². The summed E-state index contributed by atoms with van der Waals surface area (Å²) in [5, 5.41) is 9.53. The first-order valence-electron chi connectivity index (χ1n) is 8.77. The number of rotatable bonds is 4. The summed E-state index contributed by atoms with van der Waals surface area (Å²) in [7, 11) is 1.79. The number of aromatic amines is 1. The number of likely N-dealkylation sites (N-methyl/N-ethyl adjacent to an activating group) is 1. The predicted molar refractivity (Wildman–Crippen MR) is 105 cm³/mol. The molecule has 1 N–H and O–H groups in total. The van der Waals surface area contributed by atoms with Crippen molar-refractivity contribution in [2.45, 2.75) is 19.9 Å². The van der Waals surface area contributed by atoms with Gasteiger partial charge in [0.2, 0.25) is 5.91 Å². The maximum Gasteiger partial charge on any atom is 0.242 e. The van der Waals surface area contributed by atoms with Crippen molar-refractivity contribution in [3.63, 3.8) is 0 Å². The van der Waals surface area contributed by atoms with E-state index in [-0.39, 0.29) is 5.91 Å². The Hall–Kier alpha value is -2.44. The number of fused-ring (bicyclic) bond motifs is 1. The third-order valence-corrected chi connectivity index (χ3v) is 5.99. The molecule has 3 aromatic rings. The molecule has 6 heteroatoms. The minimum Gasteiger partial charge on any atom is -0.297 e. The number of nitrogens with zero attached hydrogens (tertiary/aromatic N) is 3. The van der Waals surface area contributed by atoms with E-state index in [4.69, 9.17) is 0 Å². The molecule has 0 saturated heterocycles. The van der Waals surface area contributed by atoms with Crippen LogP contribution in [0, 0.1) is 6.92 Å². The highest BCUT2D eigenvalue weighted by Crippen LogP contribution is 2.26. The predicted octanol–water partition coefficient (Wildman–Crippen LogP) is 3.47. The van der Waals surface area contributed by atoms with E-state index >= 15 is 0 Å². The molecule has 2 aromatic heterocycles. The number of anilines is 1. The van der Waals surface area contributed by atoms with Crippen molar-refractivity contribution in [2.75, 3.05) is 25.0 Å². The molecular formula is C20H22N4OS. The van der Waals surface area contributed by atoms with Crippen LogP contribution in [0.5, 0.6) is 0 Å². The summed E-state index contributed by atoms with van der Waals surface area (Å²) < 4.78 is 0. The Morgan fingerprint density at radius 1 is 1.35 bits per heavy atom. The van der Waals surface area contributed by atoms with Gasteiger partial charge in [-0.2, -0.15) is 5.10 Å². The Bertz CT molecular complexity index is 929. The number of thiophene rings is 1. The lowest BCUT2D eigenvalue weighted by atomic mass is 10.1. The lowest BCUT2D eigenvalue weighted by Crippen LogP contribution is -2.40. The Morgan fingerprint density at radius 2 is 2.19 bits per heavy atom. The van der Waals surface area contributed by atoms with E-state index in [9.17, 15) is 4.79 Å². The normalized spacial score (nSPS) is 14.2. The summed E-state index contributed by atoms with van der Waals surface area (Å²) in [6.07, 6.45) is 1.03. The quantitative estimate of drug-likeness (QED) is 0.769. The molecule has 1 aromatic carbocycles. The Labute approximate surface area is 157 Å². The van der Waals surface area contributed by atoms with Gasteiger partial charge in [-0.05, 0) is 35.9 Å². The van der Waals surface area contributed by atoms with E-state index < -0.39 is 0 Å². The zero-order valence-corrected chi connectivity index (χ0v) is 15.8. The van der Waals surface area contributed by atoms with Gasteiger partial charge in [-0.15, -0.1) is 11.3 Å². The van der Waals surface area contributed by atoms with Gasteiger partial charge >= 0.3 is 0 Å². The molecule has 134 valence electrons. The smallest absolute Gasteiger partial charge is 0.242 e. The number of H-pyrrole nitrogens is 1. The van der Waals surface area contributed by atoms with Crippen molar-refractivity contribution in [1.82, 2.24) is 15.1 Å². The second kappa shape index (κ2) is 7.05. The van der Waals surface area contributed by atoms with Gasteiger partial charge in [0.25, 0.3) is 0 Å². The van der Waals surface area contributed by atoms with Crippen LogP contribution in [0.2, 0.25) is 0 Å². The minimum atomic E-state index is 0.0616. The van der Waals surface area contributed by atoms with Crippen molar-refractivity contribution in [1.29, 1.82) is 0 Å². The zero-order valence-electron chi connectivity index (χ0n) is 15.0. The minimum absolute atomic E-state index is 0.0616. The number of nitrogens with one attached hydrogen (secondary N) is 1. The fourth-order valence-electron chi connectivity index (χ4n) is 3.36. The molecule has 26 heavy (non-hydrogen) atoms. The highest BCUT2D eigenvalue weighted by Gasteiger charge is 2.22. The largest absolute Gasteiger partial charge is 0.297 e. The molecule has 1 amide bonds. The van der Waals surface area contributed by atoms with Gasteiger partial charge in [0.05, 0.1) is 12.2 Å².